The topological polar surface area (TPSA) is 71.1 Å². The van der Waals surface area contributed by atoms with Gasteiger partial charge < -0.3 is 24.6 Å². The summed E-state index contributed by atoms with van der Waals surface area (Å²) in [6.07, 6.45) is 0. The number of benzene rings is 2. The molecule has 1 saturated heterocycles. The summed E-state index contributed by atoms with van der Waals surface area (Å²) in [7, 11) is 0. The van der Waals surface area contributed by atoms with Crippen molar-refractivity contribution in [1.82, 2.24) is 4.90 Å². The summed E-state index contributed by atoms with van der Waals surface area (Å²) in [5.41, 5.74) is 2.28. The van der Waals surface area contributed by atoms with Crippen LogP contribution in [0.1, 0.15) is 17.3 Å². The Bertz CT molecular complexity index is 875. The maximum atomic E-state index is 12.5. The highest BCUT2D eigenvalue weighted by Crippen LogP contribution is 2.35. The van der Waals surface area contributed by atoms with Gasteiger partial charge >= 0.3 is 6.03 Å². The van der Waals surface area contributed by atoms with Crippen molar-refractivity contribution in [1.29, 1.82) is 0 Å². The van der Waals surface area contributed by atoms with Crippen LogP contribution in [0.4, 0.5) is 16.2 Å². The van der Waals surface area contributed by atoms with Gasteiger partial charge in [-0.15, -0.1) is 0 Å². The molecule has 0 saturated carbocycles. The number of ether oxygens (including phenoxy) is 2. The number of anilines is 2. The fourth-order valence-electron chi connectivity index (χ4n) is 3.27. The van der Waals surface area contributed by atoms with Gasteiger partial charge in [-0.3, -0.25) is 4.79 Å². The average Bonchev–Trinajstić information content (AvgIpc) is 3.16. The first-order valence-corrected chi connectivity index (χ1v) is 8.92. The monoisotopic (exact) mass is 367 g/mol. The first-order valence-electron chi connectivity index (χ1n) is 8.92. The van der Waals surface area contributed by atoms with Crippen LogP contribution in [0.3, 0.4) is 0 Å². The van der Waals surface area contributed by atoms with E-state index < -0.39 is 0 Å². The molecule has 140 valence electrons. The molecule has 2 aromatic rings. The summed E-state index contributed by atoms with van der Waals surface area (Å²) in [5, 5.41) is 2.88. The van der Waals surface area contributed by atoms with E-state index in [0.717, 1.165) is 30.3 Å². The predicted octanol–water partition coefficient (Wildman–Crippen LogP) is 2.97. The molecule has 0 unspecified atom stereocenters. The molecule has 1 fully saturated rings. The number of carbonyl (C=O) groups is 2. The second-order valence-electron chi connectivity index (χ2n) is 6.58. The van der Waals surface area contributed by atoms with Crippen LogP contribution in [-0.2, 0) is 0 Å². The van der Waals surface area contributed by atoms with Crippen LogP contribution in [0.5, 0.6) is 11.5 Å². The van der Waals surface area contributed by atoms with Gasteiger partial charge in [0.15, 0.2) is 17.3 Å². The van der Waals surface area contributed by atoms with E-state index in [2.05, 4.69) is 10.2 Å². The molecule has 0 spiro atoms. The average molecular weight is 367 g/mol. The zero-order chi connectivity index (χ0) is 18.8. The van der Waals surface area contributed by atoms with Crippen LogP contribution in [0.2, 0.25) is 0 Å². The zero-order valence-electron chi connectivity index (χ0n) is 15.1. The molecular weight excluding hydrogens is 346 g/mol. The third-order valence-corrected chi connectivity index (χ3v) is 4.81. The number of urea groups is 1. The SMILES string of the molecule is CC(=O)c1cccc(NC(=O)N2CCN(c3ccc4c(c3)OCO4)CC2)c1. The summed E-state index contributed by atoms with van der Waals surface area (Å²) in [6, 6.07) is 12.7. The van der Waals surface area contributed by atoms with Crippen molar-refractivity contribution in [2.45, 2.75) is 6.92 Å². The van der Waals surface area contributed by atoms with Gasteiger partial charge in [-0.25, -0.2) is 4.79 Å². The van der Waals surface area contributed by atoms with E-state index >= 15 is 0 Å². The molecule has 0 atom stereocenters. The molecule has 4 rings (SSSR count). The normalized spacial score (nSPS) is 15.6. The molecule has 0 aromatic heterocycles. The fraction of sp³-hybridized carbons (Fsp3) is 0.300. The number of carbonyl (C=O) groups excluding carboxylic acids is 2. The number of hydrogen-bond donors (Lipinski definition) is 1. The Hall–Kier alpha value is -3.22. The largest absolute Gasteiger partial charge is 0.454 e. The van der Waals surface area contributed by atoms with E-state index in [9.17, 15) is 9.59 Å². The lowest BCUT2D eigenvalue weighted by Crippen LogP contribution is -2.50. The Kier molecular flexibility index (Phi) is 4.58. The molecule has 7 nitrogen and oxygen atoms in total. The van der Waals surface area contributed by atoms with Crippen LogP contribution < -0.4 is 19.7 Å². The standard InChI is InChI=1S/C20H21N3O4/c1-14(24)15-3-2-4-16(11-15)21-20(25)23-9-7-22(8-10-23)17-5-6-18-19(12-17)27-13-26-18/h2-6,11-12H,7-10,13H2,1H3,(H,21,25). The molecule has 0 aliphatic carbocycles. The number of amides is 2. The molecule has 1 N–H and O–H groups in total. The number of nitrogens with one attached hydrogen (secondary N) is 1. The minimum Gasteiger partial charge on any atom is -0.454 e. The highest BCUT2D eigenvalue weighted by molar-refractivity contribution is 5.96. The van der Waals surface area contributed by atoms with Gasteiger partial charge in [-0.05, 0) is 31.2 Å². The third kappa shape index (κ3) is 3.67. The maximum Gasteiger partial charge on any atom is 0.321 e. The fourth-order valence-corrected chi connectivity index (χ4v) is 3.27. The minimum atomic E-state index is -0.152. The summed E-state index contributed by atoms with van der Waals surface area (Å²) < 4.78 is 10.8. The van der Waals surface area contributed by atoms with Crippen molar-refractivity contribution in [3.63, 3.8) is 0 Å². The lowest BCUT2D eigenvalue weighted by molar-refractivity contribution is 0.101. The molecule has 2 aliphatic rings. The summed E-state index contributed by atoms with van der Waals surface area (Å²) in [6.45, 7) is 4.48. The third-order valence-electron chi connectivity index (χ3n) is 4.81. The molecule has 2 amide bonds. The van der Waals surface area contributed by atoms with Gasteiger partial charge in [0.1, 0.15) is 0 Å². The number of nitrogens with zero attached hydrogens (tertiary/aromatic N) is 2. The van der Waals surface area contributed by atoms with Crippen molar-refractivity contribution in [3.8, 4) is 11.5 Å². The molecule has 7 heteroatoms. The smallest absolute Gasteiger partial charge is 0.321 e. The van der Waals surface area contributed by atoms with Gasteiger partial charge in [-0.1, -0.05) is 12.1 Å². The van der Waals surface area contributed by atoms with Crippen LogP contribution in [0.25, 0.3) is 0 Å². The molecule has 2 heterocycles. The van der Waals surface area contributed by atoms with Crippen LogP contribution in [-0.4, -0.2) is 49.7 Å². The Morgan fingerprint density at radius 1 is 0.963 bits per heavy atom. The molecule has 2 aromatic carbocycles. The minimum absolute atomic E-state index is 0.0246. The predicted molar refractivity (Wildman–Crippen MR) is 102 cm³/mol. The van der Waals surface area contributed by atoms with Gasteiger partial charge in [0, 0.05) is 49.2 Å². The second-order valence-corrected chi connectivity index (χ2v) is 6.58. The number of ketones is 1. The lowest BCUT2D eigenvalue weighted by atomic mass is 10.1. The zero-order valence-corrected chi connectivity index (χ0v) is 15.1. The highest BCUT2D eigenvalue weighted by Gasteiger charge is 2.23. The second kappa shape index (κ2) is 7.19. The Labute approximate surface area is 157 Å². The summed E-state index contributed by atoms with van der Waals surface area (Å²) in [4.78, 5) is 28.0. The van der Waals surface area contributed by atoms with Crippen molar-refractivity contribution in [2.24, 2.45) is 0 Å². The number of fused-ring (bicyclic) bond motifs is 1. The lowest BCUT2D eigenvalue weighted by Gasteiger charge is -2.36. The number of Topliss-reactive ketones (excluding diaryl/α,β-unsaturated/α-hetero) is 1. The van der Waals surface area contributed by atoms with E-state index in [1.165, 1.54) is 6.92 Å². The van der Waals surface area contributed by atoms with E-state index in [1.807, 2.05) is 18.2 Å². The first-order chi connectivity index (χ1) is 13.1. The van der Waals surface area contributed by atoms with E-state index in [-0.39, 0.29) is 18.6 Å². The van der Waals surface area contributed by atoms with Gasteiger partial charge in [0.25, 0.3) is 0 Å². The summed E-state index contributed by atoms with van der Waals surface area (Å²) >= 11 is 0. The van der Waals surface area contributed by atoms with E-state index in [1.54, 1.807) is 29.2 Å². The van der Waals surface area contributed by atoms with Gasteiger partial charge in [-0.2, -0.15) is 0 Å². The molecule has 2 aliphatic heterocycles. The van der Waals surface area contributed by atoms with Crippen molar-refractivity contribution in [2.75, 3.05) is 43.2 Å². The molecule has 0 bridgehead atoms. The van der Waals surface area contributed by atoms with Crippen molar-refractivity contribution in [3.05, 3.63) is 48.0 Å². The maximum absolute atomic E-state index is 12.5. The number of piperazine rings is 1. The first kappa shape index (κ1) is 17.2. The van der Waals surface area contributed by atoms with E-state index in [4.69, 9.17) is 9.47 Å². The van der Waals surface area contributed by atoms with E-state index in [0.29, 0.717) is 24.3 Å². The Morgan fingerprint density at radius 2 is 1.74 bits per heavy atom. The van der Waals surface area contributed by atoms with Crippen molar-refractivity contribution < 1.29 is 19.1 Å². The highest BCUT2D eigenvalue weighted by atomic mass is 16.7. The Morgan fingerprint density at radius 3 is 2.52 bits per heavy atom. The van der Waals surface area contributed by atoms with Crippen LogP contribution in [0.15, 0.2) is 42.5 Å². The molecular formula is C20H21N3O4. The molecule has 0 radical (unpaired) electrons. The van der Waals surface area contributed by atoms with Gasteiger partial charge in [0.2, 0.25) is 6.79 Å². The summed E-state index contributed by atoms with van der Waals surface area (Å²) in [5.74, 6) is 1.51. The van der Waals surface area contributed by atoms with Crippen LogP contribution in [0, 0.1) is 0 Å². The van der Waals surface area contributed by atoms with Crippen molar-refractivity contribution >= 4 is 23.2 Å². The number of hydrogen-bond acceptors (Lipinski definition) is 5. The van der Waals surface area contributed by atoms with Gasteiger partial charge in [0.05, 0.1) is 0 Å². The number of rotatable bonds is 3. The molecule has 27 heavy (non-hydrogen) atoms. The van der Waals surface area contributed by atoms with Crippen LogP contribution >= 0.6 is 0 Å². The Balaban J connectivity index is 1.35. The quantitative estimate of drug-likeness (QED) is 0.845.